The van der Waals surface area contributed by atoms with E-state index in [1.165, 1.54) is 5.56 Å². The third-order valence-corrected chi connectivity index (χ3v) is 4.97. The zero-order valence-electron chi connectivity index (χ0n) is 16.0. The van der Waals surface area contributed by atoms with Crippen molar-refractivity contribution in [2.45, 2.75) is 45.7 Å². The van der Waals surface area contributed by atoms with E-state index in [1.54, 1.807) is 0 Å². The van der Waals surface area contributed by atoms with E-state index in [-0.39, 0.29) is 18.0 Å². The first kappa shape index (κ1) is 19.0. The van der Waals surface area contributed by atoms with Crippen molar-refractivity contribution < 1.29 is 9.59 Å². The van der Waals surface area contributed by atoms with Gasteiger partial charge in [-0.15, -0.1) is 0 Å². The lowest BCUT2D eigenvalue weighted by molar-refractivity contribution is -0.128. The Morgan fingerprint density at radius 3 is 2.59 bits per heavy atom. The summed E-state index contributed by atoms with van der Waals surface area (Å²) < 4.78 is 0. The normalized spacial score (nSPS) is 14.9. The first-order chi connectivity index (χ1) is 13.0. The molecule has 5 heteroatoms. The van der Waals surface area contributed by atoms with Crippen molar-refractivity contribution >= 4 is 17.6 Å². The van der Waals surface area contributed by atoms with Crippen molar-refractivity contribution in [1.82, 2.24) is 10.2 Å². The highest BCUT2D eigenvalue weighted by Gasteiger charge is 2.20. The number of anilines is 1. The van der Waals surface area contributed by atoms with Gasteiger partial charge in [-0.3, -0.25) is 4.79 Å². The number of hydrogen-bond donors (Lipinski definition) is 2. The average molecular weight is 365 g/mol. The van der Waals surface area contributed by atoms with Gasteiger partial charge in [-0.05, 0) is 48.6 Å². The zero-order chi connectivity index (χ0) is 19.2. The summed E-state index contributed by atoms with van der Waals surface area (Å²) in [5.74, 6) is 0.203. The van der Waals surface area contributed by atoms with Crippen molar-refractivity contribution in [1.29, 1.82) is 0 Å². The minimum absolute atomic E-state index is 0.0821. The van der Waals surface area contributed by atoms with Crippen LogP contribution in [0.3, 0.4) is 0 Å². The van der Waals surface area contributed by atoms with Crippen LogP contribution in [0.15, 0.2) is 48.5 Å². The average Bonchev–Trinajstić information content (AvgIpc) is 3.06. The summed E-state index contributed by atoms with van der Waals surface area (Å²) in [5, 5.41) is 5.86. The van der Waals surface area contributed by atoms with Crippen LogP contribution < -0.4 is 10.6 Å². The highest BCUT2D eigenvalue weighted by molar-refractivity contribution is 5.89. The Hall–Kier alpha value is -2.82. The van der Waals surface area contributed by atoms with Gasteiger partial charge in [0.2, 0.25) is 5.91 Å². The number of nitrogens with zero attached hydrogens (tertiary/aromatic N) is 1. The van der Waals surface area contributed by atoms with Gasteiger partial charge in [-0.2, -0.15) is 0 Å². The molecule has 1 saturated heterocycles. The van der Waals surface area contributed by atoms with Crippen molar-refractivity contribution in [3.05, 3.63) is 65.2 Å². The van der Waals surface area contributed by atoms with Crippen LogP contribution in [0, 0.1) is 0 Å². The van der Waals surface area contributed by atoms with Crippen LogP contribution in [0.1, 0.15) is 49.4 Å². The fourth-order valence-electron chi connectivity index (χ4n) is 3.33. The molecule has 1 atom stereocenters. The molecule has 5 nitrogen and oxygen atoms in total. The first-order valence-corrected chi connectivity index (χ1v) is 9.58. The molecular formula is C22H27N3O2. The van der Waals surface area contributed by atoms with Crippen LogP contribution in [0.25, 0.3) is 0 Å². The number of nitrogens with one attached hydrogen (secondary N) is 2. The molecule has 1 fully saturated rings. The molecule has 0 unspecified atom stereocenters. The number of carbonyl (C=O) groups excluding carboxylic acids is 2. The number of rotatable bonds is 6. The fraction of sp³-hybridized carbons (Fsp3) is 0.364. The summed E-state index contributed by atoms with van der Waals surface area (Å²) in [6.45, 7) is 5.50. The second kappa shape index (κ2) is 8.71. The number of amides is 3. The molecule has 142 valence electrons. The van der Waals surface area contributed by atoms with E-state index in [9.17, 15) is 9.59 Å². The van der Waals surface area contributed by atoms with E-state index in [4.69, 9.17) is 0 Å². The molecule has 0 aliphatic carbocycles. The Bertz CT molecular complexity index is 801. The molecule has 0 spiro atoms. The molecule has 0 bridgehead atoms. The molecule has 27 heavy (non-hydrogen) atoms. The summed E-state index contributed by atoms with van der Waals surface area (Å²) in [5.41, 5.74) is 4.10. The van der Waals surface area contributed by atoms with E-state index < -0.39 is 0 Å². The van der Waals surface area contributed by atoms with Gasteiger partial charge in [0, 0.05) is 25.2 Å². The lowest BCUT2D eigenvalue weighted by atomic mass is 10.1. The largest absolute Gasteiger partial charge is 0.338 e. The molecule has 2 N–H and O–H groups in total. The van der Waals surface area contributed by atoms with Gasteiger partial charge in [0.25, 0.3) is 0 Å². The van der Waals surface area contributed by atoms with Gasteiger partial charge in [0.05, 0.1) is 6.04 Å². The standard InChI is InChI=1S/C22H27N3O2/c1-3-17-9-11-19(12-10-17)16(2)23-22(27)24-20-7-4-6-18(14-20)15-25-13-5-8-21(25)26/h4,6-7,9-12,14,16H,3,5,8,13,15H2,1-2H3,(H2,23,24,27)/t16-/m0/s1. The van der Waals surface area contributed by atoms with Crippen LogP contribution in [-0.2, 0) is 17.8 Å². The minimum atomic E-state index is -0.239. The lowest BCUT2D eigenvalue weighted by Gasteiger charge is -2.17. The number of aryl methyl sites for hydroxylation is 1. The Balaban J connectivity index is 1.56. The summed E-state index contributed by atoms with van der Waals surface area (Å²) in [7, 11) is 0. The Morgan fingerprint density at radius 1 is 1.15 bits per heavy atom. The summed E-state index contributed by atoms with van der Waals surface area (Å²) in [6, 6.07) is 15.6. The zero-order valence-corrected chi connectivity index (χ0v) is 16.0. The molecule has 1 aliphatic rings. The van der Waals surface area contributed by atoms with E-state index in [0.29, 0.717) is 13.0 Å². The molecular weight excluding hydrogens is 338 g/mol. The quantitative estimate of drug-likeness (QED) is 0.804. The van der Waals surface area contributed by atoms with Crippen LogP contribution in [-0.4, -0.2) is 23.4 Å². The third-order valence-electron chi connectivity index (χ3n) is 4.97. The molecule has 2 aromatic carbocycles. The molecule has 0 radical (unpaired) electrons. The third kappa shape index (κ3) is 5.09. The van der Waals surface area contributed by atoms with Gasteiger partial charge >= 0.3 is 6.03 Å². The maximum absolute atomic E-state index is 12.3. The Labute approximate surface area is 160 Å². The fourth-order valence-corrected chi connectivity index (χ4v) is 3.33. The highest BCUT2D eigenvalue weighted by atomic mass is 16.2. The molecule has 1 aliphatic heterocycles. The monoisotopic (exact) mass is 365 g/mol. The molecule has 0 saturated carbocycles. The maximum atomic E-state index is 12.3. The van der Waals surface area contributed by atoms with Gasteiger partial charge in [0.15, 0.2) is 0 Å². The van der Waals surface area contributed by atoms with E-state index in [1.807, 2.05) is 36.1 Å². The Kier molecular flexibility index (Phi) is 6.12. The van der Waals surface area contributed by atoms with Crippen molar-refractivity contribution in [3.63, 3.8) is 0 Å². The number of benzene rings is 2. The Morgan fingerprint density at radius 2 is 1.93 bits per heavy atom. The predicted molar refractivity (Wildman–Crippen MR) is 107 cm³/mol. The van der Waals surface area contributed by atoms with Gasteiger partial charge in [-0.25, -0.2) is 4.79 Å². The summed E-state index contributed by atoms with van der Waals surface area (Å²) in [6.07, 6.45) is 2.57. The number of urea groups is 1. The van der Waals surface area contributed by atoms with Crippen LogP contribution in [0.2, 0.25) is 0 Å². The topological polar surface area (TPSA) is 61.4 Å². The molecule has 3 rings (SSSR count). The van der Waals surface area contributed by atoms with Gasteiger partial charge in [-0.1, -0.05) is 43.3 Å². The highest BCUT2D eigenvalue weighted by Crippen LogP contribution is 2.18. The SMILES string of the molecule is CCc1ccc([C@H](C)NC(=O)Nc2cccc(CN3CCCC3=O)c2)cc1. The number of hydrogen-bond acceptors (Lipinski definition) is 2. The molecule has 1 heterocycles. The van der Waals surface area contributed by atoms with Crippen molar-refractivity contribution in [3.8, 4) is 0 Å². The summed E-state index contributed by atoms with van der Waals surface area (Å²) in [4.78, 5) is 26.0. The number of likely N-dealkylation sites (tertiary alicyclic amines) is 1. The van der Waals surface area contributed by atoms with E-state index in [0.717, 1.165) is 36.2 Å². The van der Waals surface area contributed by atoms with Gasteiger partial charge < -0.3 is 15.5 Å². The minimum Gasteiger partial charge on any atom is -0.338 e. The van der Waals surface area contributed by atoms with Crippen LogP contribution in [0.5, 0.6) is 0 Å². The first-order valence-electron chi connectivity index (χ1n) is 9.58. The van der Waals surface area contributed by atoms with Crippen LogP contribution in [0.4, 0.5) is 10.5 Å². The second-order valence-corrected chi connectivity index (χ2v) is 7.03. The van der Waals surface area contributed by atoms with Gasteiger partial charge in [0.1, 0.15) is 0 Å². The molecule has 3 amide bonds. The van der Waals surface area contributed by atoms with E-state index >= 15 is 0 Å². The number of carbonyl (C=O) groups is 2. The van der Waals surface area contributed by atoms with E-state index in [2.05, 4.69) is 41.8 Å². The van der Waals surface area contributed by atoms with Crippen LogP contribution >= 0.6 is 0 Å². The smallest absolute Gasteiger partial charge is 0.319 e. The molecule has 0 aromatic heterocycles. The maximum Gasteiger partial charge on any atom is 0.319 e. The summed E-state index contributed by atoms with van der Waals surface area (Å²) >= 11 is 0. The molecule has 2 aromatic rings. The second-order valence-electron chi connectivity index (χ2n) is 7.03. The van der Waals surface area contributed by atoms with Crippen molar-refractivity contribution in [2.24, 2.45) is 0 Å². The van der Waals surface area contributed by atoms with Crippen molar-refractivity contribution in [2.75, 3.05) is 11.9 Å². The predicted octanol–water partition coefficient (Wildman–Crippen LogP) is 4.25. The lowest BCUT2D eigenvalue weighted by Crippen LogP contribution is -2.31.